The summed E-state index contributed by atoms with van der Waals surface area (Å²) in [5.41, 5.74) is 8.38. The number of nitrogens with one attached hydrogen (secondary N) is 1. The Kier molecular flexibility index (Phi) is 3.61. The quantitative estimate of drug-likeness (QED) is 0.811. The minimum Gasteiger partial charge on any atom is -0.397 e. The molecule has 0 spiro atoms. The molecule has 0 saturated carbocycles. The van der Waals surface area contributed by atoms with Crippen LogP contribution in [0.2, 0.25) is 0 Å². The maximum atomic E-state index is 12.0. The summed E-state index contributed by atoms with van der Waals surface area (Å²) in [6.07, 6.45) is 4.46. The molecule has 0 saturated heterocycles. The van der Waals surface area contributed by atoms with E-state index < -0.39 is 0 Å². The van der Waals surface area contributed by atoms with Crippen LogP contribution < -0.4 is 16.0 Å². The average molecular weight is 257 g/mol. The van der Waals surface area contributed by atoms with Crippen molar-refractivity contribution >= 4 is 23.0 Å². The van der Waals surface area contributed by atoms with E-state index in [9.17, 15) is 4.79 Å². The molecule has 0 atom stereocenters. The topological polar surface area (TPSA) is 84.1 Å². The maximum Gasteiger partial charge on any atom is 0.255 e. The Balaban J connectivity index is 2.18. The largest absolute Gasteiger partial charge is 0.397 e. The van der Waals surface area contributed by atoms with Crippen molar-refractivity contribution in [1.29, 1.82) is 0 Å². The van der Waals surface area contributed by atoms with Gasteiger partial charge in [-0.25, -0.2) is 9.97 Å². The van der Waals surface area contributed by atoms with E-state index in [0.717, 1.165) is 5.69 Å². The van der Waals surface area contributed by atoms with Crippen molar-refractivity contribution in [3.05, 3.63) is 42.5 Å². The van der Waals surface area contributed by atoms with Crippen LogP contribution in [-0.4, -0.2) is 30.0 Å². The molecule has 1 aromatic heterocycles. The third-order valence-corrected chi connectivity index (χ3v) is 2.59. The molecule has 6 nitrogen and oxygen atoms in total. The van der Waals surface area contributed by atoms with Gasteiger partial charge in [0.05, 0.1) is 29.5 Å². The number of aromatic nitrogens is 2. The van der Waals surface area contributed by atoms with Gasteiger partial charge in [0.25, 0.3) is 5.91 Å². The molecule has 0 aliphatic carbocycles. The summed E-state index contributed by atoms with van der Waals surface area (Å²) in [7, 11) is 3.79. The van der Waals surface area contributed by atoms with Crippen molar-refractivity contribution in [2.75, 3.05) is 30.0 Å². The predicted octanol–water partition coefficient (Wildman–Crippen LogP) is 1.38. The monoisotopic (exact) mass is 257 g/mol. The van der Waals surface area contributed by atoms with E-state index in [-0.39, 0.29) is 5.91 Å². The number of hydrogen-bond donors (Lipinski definition) is 2. The van der Waals surface area contributed by atoms with Gasteiger partial charge in [0, 0.05) is 19.7 Å². The Labute approximate surface area is 111 Å². The molecule has 0 aliphatic rings. The molecule has 0 radical (unpaired) electrons. The van der Waals surface area contributed by atoms with Gasteiger partial charge in [-0.2, -0.15) is 0 Å². The fourth-order valence-corrected chi connectivity index (χ4v) is 1.67. The molecule has 19 heavy (non-hydrogen) atoms. The standard InChI is InChI=1S/C13H15N5O/c1-18(2)12-4-3-9(5-11(12)14)13(19)17-10-6-15-8-16-7-10/h3-8H,14H2,1-2H3,(H,17,19). The lowest BCUT2D eigenvalue weighted by molar-refractivity contribution is 0.102. The Morgan fingerprint density at radius 1 is 1.26 bits per heavy atom. The summed E-state index contributed by atoms with van der Waals surface area (Å²) in [6.45, 7) is 0. The third kappa shape index (κ3) is 2.98. The van der Waals surface area contributed by atoms with E-state index >= 15 is 0 Å². The van der Waals surface area contributed by atoms with Gasteiger partial charge in [-0.05, 0) is 18.2 Å². The lowest BCUT2D eigenvalue weighted by Crippen LogP contribution is -2.15. The number of nitrogens with two attached hydrogens (primary N) is 1. The molecular formula is C13H15N5O. The third-order valence-electron chi connectivity index (χ3n) is 2.59. The Bertz CT molecular complexity index is 583. The van der Waals surface area contributed by atoms with Gasteiger partial charge in [0.15, 0.2) is 0 Å². The van der Waals surface area contributed by atoms with Crippen LogP contribution in [0.1, 0.15) is 10.4 Å². The lowest BCUT2D eigenvalue weighted by atomic mass is 10.1. The van der Waals surface area contributed by atoms with E-state index in [1.165, 1.54) is 18.7 Å². The van der Waals surface area contributed by atoms with Crippen LogP contribution >= 0.6 is 0 Å². The molecule has 0 unspecified atom stereocenters. The predicted molar refractivity (Wildman–Crippen MR) is 75.2 cm³/mol. The number of hydrogen-bond acceptors (Lipinski definition) is 5. The Morgan fingerprint density at radius 2 is 1.95 bits per heavy atom. The summed E-state index contributed by atoms with van der Waals surface area (Å²) in [4.78, 5) is 21.6. The van der Waals surface area contributed by atoms with Crippen LogP contribution in [0.3, 0.4) is 0 Å². The second-order valence-electron chi connectivity index (χ2n) is 4.25. The summed E-state index contributed by atoms with van der Waals surface area (Å²) < 4.78 is 0. The molecule has 3 N–H and O–H groups in total. The fraction of sp³-hybridized carbons (Fsp3) is 0.154. The highest BCUT2D eigenvalue weighted by atomic mass is 16.1. The van der Waals surface area contributed by atoms with Crippen molar-refractivity contribution in [3.8, 4) is 0 Å². The molecule has 1 aromatic carbocycles. The number of carbonyl (C=O) groups excluding carboxylic acids is 1. The molecular weight excluding hydrogens is 242 g/mol. The second kappa shape index (κ2) is 5.34. The van der Waals surface area contributed by atoms with Gasteiger partial charge in [0.1, 0.15) is 6.33 Å². The van der Waals surface area contributed by atoms with Crippen molar-refractivity contribution in [3.63, 3.8) is 0 Å². The average Bonchev–Trinajstić information content (AvgIpc) is 2.39. The van der Waals surface area contributed by atoms with Crippen molar-refractivity contribution in [2.24, 2.45) is 0 Å². The summed E-state index contributed by atoms with van der Waals surface area (Å²) in [6, 6.07) is 5.19. The van der Waals surface area contributed by atoms with Crippen molar-refractivity contribution in [2.45, 2.75) is 0 Å². The molecule has 98 valence electrons. The first-order valence-corrected chi connectivity index (χ1v) is 5.71. The molecule has 0 bridgehead atoms. The number of nitrogen functional groups attached to an aromatic ring is 1. The fourth-order valence-electron chi connectivity index (χ4n) is 1.67. The Morgan fingerprint density at radius 3 is 2.53 bits per heavy atom. The normalized spacial score (nSPS) is 10.0. The lowest BCUT2D eigenvalue weighted by Gasteiger charge is -2.15. The van der Waals surface area contributed by atoms with E-state index in [0.29, 0.717) is 16.9 Å². The van der Waals surface area contributed by atoms with Gasteiger partial charge in [-0.15, -0.1) is 0 Å². The van der Waals surface area contributed by atoms with Gasteiger partial charge < -0.3 is 16.0 Å². The highest BCUT2D eigenvalue weighted by Crippen LogP contribution is 2.22. The first-order valence-electron chi connectivity index (χ1n) is 5.71. The first kappa shape index (κ1) is 12.8. The van der Waals surface area contributed by atoms with Crippen LogP contribution in [0, 0.1) is 0 Å². The molecule has 1 heterocycles. The van der Waals surface area contributed by atoms with Crippen LogP contribution in [0.4, 0.5) is 17.1 Å². The maximum absolute atomic E-state index is 12.0. The van der Waals surface area contributed by atoms with Crippen LogP contribution in [0.25, 0.3) is 0 Å². The smallest absolute Gasteiger partial charge is 0.255 e. The van der Waals surface area contributed by atoms with Crippen molar-refractivity contribution < 1.29 is 4.79 Å². The molecule has 1 amide bonds. The number of rotatable bonds is 3. The van der Waals surface area contributed by atoms with Crippen LogP contribution in [-0.2, 0) is 0 Å². The SMILES string of the molecule is CN(C)c1ccc(C(=O)Nc2cncnc2)cc1N. The molecule has 2 rings (SSSR count). The van der Waals surface area contributed by atoms with E-state index in [1.54, 1.807) is 12.1 Å². The zero-order valence-electron chi connectivity index (χ0n) is 10.8. The highest BCUT2D eigenvalue weighted by molar-refractivity contribution is 6.05. The van der Waals surface area contributed by atoms with Gasteiger partial charge in [-0.3, -0.25) is 4.79 Å². The Hall–Kier alpha value is -2.63. The van der Waals surface area contributed by atoms with Crippen LogP contribution in [0.15, 0.2) is 36.9 Å². The van der Waals surface area contributed by atoms with E-state index in [1.807, 2.05) is 25.1 Å². The molecule has 2 aromatic rings. The second-order valence-corrected chi connectivity index (χ2v) is 4.25. The summed E-state index contributed by atoms with van der Waals surface area (Å²) >= 11 is 0. The summed E-state index contributed by atoms with van der Waals surface area (Å²) in [5.74, 6) is -0.244. The first-order chi connectivity index (χ1) is 9.08. The number of carbonyl (C=O) groups is 1. The van der Waals surface area contributed by atoms with E-state index in [4.69, 9.17) is 5.73 Å². The van der Waals surface area contributed by atoms with Gasteiger partial charge in [-0.1, -0.05) is 0 Å². The zero-order chi connectivity index (χ0) is 13.8. The number of benzene rings is 1. The minimum absolute atomic E-state index is 0.244. The minimum atomic E-state index is -0.244. The molecule has 0 aliphatic heterocycles. The van der Waals surface area contributed by atoms with Crippen molar-refractivity contribution in [1.82, 2.24) is 9.97 Å². The van der Waals surface area contributed by atoms with Gasteiger partial charge >= 0.3 is 0 Å². The number of amides is 1. The highest BCUT2D eigenvalue weighted by Gasteiger charge is 2.09. The molecule has 6 heteroatoms. The number of nitrogens with zero attached hydrogens (tertiary/aromatic N) is 3. The molecule has 0 fully saturated rings. The van der Waals surface area contributed by atoms with Crippen LogP contribution in [0.5, 0.6) is 0 Å². The summed E-state index contributed by atoms with van der Waals surface area (Å²) in [5, 5.41) is 2.70. The van der Waals surface area contributed by atoms with E-state index in [2.05, 4.69) is 15.3 Å². The van der Waals surface area contributed by atoms with Gasteiger partial charge in [0.2, 0.25) is 0 Å². The number of anilines is 3. The zero-order valence-corrected chi connectivity index (χ0v) is 10.8.